The van der Waals surface area contributed by atoms with Crippen LogP contribution in [0.5, 0.6) is 0 Å². The maximum Gasteiger partial charge on any atom is 0.148 e. The lowest BCUT2D eigenvalue weighted by atomic mass is 9.97. The molecule has 1 saturated heterocycles. The first-order chi connectivity index (χ1) is 9.10. The van der Waals surface area contributed by atoms with Gasteiger partial charge < -0.3 is 15.6 Å². The molecule has 0 unspecified atom stereocenters. The summed E-state index contributed by atoms with van der Waals surface area (Å²) in [5.74, 6) is 8.50. The zero-order valence-corrected chi connectivity index (χ0v) is 12.0. The van der Waals surface area contributed by atoms with Gasteiger partial charge in [0.1, 0.15) is 17.5 Å². The molecule has 0 aliphatic carbocycles. The molecule has 1 aromatic rings. The lowest BCUT2D eigenvalue weighted by Gasteiger charge is -2.29. The van der Waals surface area contributed by atoms with Gasteiger partial charge in [-0.15, -0.1) is 0 Å². The van der Waals surface area contributed by atoms with Crippen molar-refractivity contribution in [1.29, 1.82) is 0 Å². The van der Waals surface area contributed by atoms with Gasteiger partial charge in [-0.25, -0.2) is 15.8 Å². The van der Waals surface area contributed by atoms with Gasteiger partial charge in [-0.1, -0.05) is 0 Å². The zero-order valence-electron chi connectivity index (χ0n) is 12.0. The number of aryl methyl sites for hydroxylation is 1. The molecule has 2 heterocycles. The Morgan fingerprint density at radius 1 is 1.21 bits per heavy atom. The van der Waals surface area contributed by atoms with Crippen LogP contribution in [0.1, 0.15) is 24.2 Å². The first kappa shape index (κ1) is 14.0. The molecule has 1 aliphatic rings. The van der Waals surface area contributed by atoms with Crippen molar-refractivity contribution in [2.24, 2.45) is 11.8 Å². The highest BCUT2D eigenvalue weighted by Crippen LogP contribution is 2.21. The van der Waals surface area contributed by atoms with Crippen LogP contribution in [-0.2, 0) is 0 Å². The predicted molar refractivity (Wildman–Crippen MR) is 78.0 cm³/mol. The van der Waals surface area contributed by atoms with E-state index in [1.807, 2.05) is 13.8 Å². The largest absolute Gasteiger partial charge is 0.369 e. The highest BCUT2D eigenvalue weighted by Gasteiger charge is 2.17. The van der Waals surface area contributed by atoms with E-state index in [4.69, 9.17) is 5.84 Å². The van der Waals surface area contributed by atoms with Crippen LogP contribution in [0.15, 0.2) is 0 Å². The number of aromatic nitrogens is 2. The van der Waals surface area contributed by atoms with Gasteiger partial charge in [0.2, 0.25) is 0 Å². The second-order valence-electron chi connectivity index (χ2n) is 5.36. The molecule has 0 saturated carbocycles. The van der Waals surface area contributed by atoms with E-state index in [1.54, 1.807) is 0 Å². The molecule has 4 N–H and O–H groups in total. The van der Waals surface area contributed by atoms with E-state index in [9.17, 15) is 0 Å². The van der Waals surface area contributed by atoms with E-state index in [0.717, 1.165) is 29.7 Å². The Bertz CT molecular complexity index is 425. The highest BCUT2D eigenvalue weighted by atomic mass is 15.3. The standard InChI is InChI=1S/C13H24N6/c1-9-12(16-10(2)17-13(9)18-14)15-8-11-4-6-19(3)7-5-11/h11H,4-8,14H2,1-3H3,(H2,15,16,17,18). The van der Waals surface area contributed by atoms with Crippen molar-refractivity contribution in [2.75, 3.05) is 37.4 Å². The summed E-state index contributed by atoms with van der Waals surface area (Å²) in [6.07, 6.45) is 2.49. The van der Waals surface area contributed by atoms with Crippen molar-refractivity contribution in [1.82, 2.24) is 14.9 Å². The maximum atomic E-state index is 5.47. The predicted octanol–water partition coefficient (Wildman–Crippen LogP) is 1.13. The van der Waals surface area contributed by atoms with E-state index < -0.39 is 0 Å². The van der Waals surface area contributed by atoms with Crippen molar-refractivity contribution >= 4 is 11.6 Å². The molecule has 19 heavy (non-hydrogen) atoms. The van der Waals surface area contributed by atoms with Gasteiger partial charge in [-0.2, -0.15) is 0 Å². The van der Waals surface area contributed by atoms with Crippen LogP contribution in [0.3, 0.4) is 0 Å². The zero-order chi connectivity index (χ0) is 13.8. The summed E-state index contributed by atoms with van der Waals surface area (Å²) in [6.45, 7) is 7.19. The molecular weight excluding hydrogens is 240 g/mol. The Balaban J connectivity index is 1.97. The van der Waals surface area contributed by atoms with Crippen LogP contribution in [0.2, 0.25) is 0 Å². The van der Waals surface area contributed by atoms with Gasteiger partial charge in [0, 0.05) is 12.1 Å². The molecule has 0 bridgehead atoms. The maximum absolute atomic E-state index is 5.47. The minimum Gasteiger partial charge on any atom is -0.369 e. The van der Waals surface area contributed by atoms with E-state index in [-0.39, 0.29) is 0 Å². The van der Waals surface area contributed by atoms with Crippen molar-refractivity contribution in [3.8, 4) is 0 Å². The number of nitrogens with one attached hydrogen (secondary N) is 2. The highest BCUT2D eigenvalue weighted by molar-refractivity contribution is 5.56. The molecule has 0 radical (unpaired) electrons. The van der Waals surface area contributed by atoms with Crippen molar-refractivity contribution in [3.05, 3.63) is 11.4 Å². The van der Waals surface area contributed by atoms with Crippen molar-refractivity contribution in [3.63, 3.8) is 0 Å². The molecule has 1 fully saturated rings. The molecule has 0 spiro atoms. The number of hydrazine groups is 1. The van der Waals surface area contributed by atoms with E-state index >= 15 is 0 Å². The Hall–Kier alpha value is -1.40. The van der Waals surface area contributed by atoms with Gasteiger partial charge >= 0.3 is 0 Å². The summed E-state index contributed by atoms with van der Waals surface area (Å²) in [5.41, 5.74) is 3.60. The first-order valence-electron chi connectivity index (χ1n) is 6.84. The SMILES string of the molecule is Cc1nc(NN)c(C)c(NCC2CCN(C)CC2)n1. The third-order valence-electron chi connectivity index (χ3n) is 3.79. The minimum absolute atomic E-state index is 0.693. The van der Waals surface area contributed by atoms with Crippen molar-refractivity contribution in [2.45, 2.75) is 26.7 Å². The van der Waals surface area contributed by atoms with Crippen LogP contribution in [0.4, 0.5) is 11.6 Å². The third kappa shape index (κ3) is 3.54. The number of likely N-dealkylation sites (tertiary alicyclic amines) is 1. The monoisotopic (exact) mass is 264 g/mol. The summed E-state index contributed by atoms with van der Waals surface area (Å²) in [5, 5.41) is 3.45. The molecule has 1 aromatic heterocycles. The molecule has 0 atom stereocenters. The third-order valence-corrected chi connectivity index (χ3v) is 3.79. The van der Waals surface area contributed by atoms with Gasteiger partial charge in [-0.3, -0.25) is 0 Å². The number of hydrogen-bond acceptors (Lipinski definition) is 6. The summed E-state index contributed by atoms with van der Waals surface area (Å²) in [4.78, 5) is 11.1. The molecule has 6 heteroatoms. The second kappa shape index (κ2) is 6.16. The first-order valence-corrected chi connectivity index (χ1v) is 6.84. The van der Waals surface area contributed by atoms with E-state index in [0.29, 0.717) is 5.82 Å². The van der Waals surface area contributed by atoms with Gasteiger partial charge in [0.05, 0.1) is 0 Å². The van der Waals surface area contributed by atoms with Crippen LogP contribution < -0.4 is 16.6 Å². The molecular formula is C13H24N6. The Labute approximate surface area is 114 Å². The van der Waals surface area contributed by atoms with Crippen LogP contribution >= 0.6 is 0 Å². The number of nitrogens with zero attached hydrogens (tertiary/aromatic N) is 3. The van der Waals surface area contributed by atoms with Crippen LogP contribution in [0.25, 0.3) is 0 Å². The summed E-state index contributed by atoms with van der Waals surface area (Å²) in [6, 6.07) is 0. The fraction of sp³-hybridized carbons (Fsp3) is 0.692. The molecule has 0 amide bonds. The lowest BCUT2D eigenvalue weighted by Crippen LogP contribution is -2.33. The van der Waals surface area contributed by atoms with Gasteiger partial charge in [-0.05, 0) is 52.7 Å². The van der Waals surface area contributed by atoms with Gasteiger partial charge in [0.25, 0.3) is 0 Å². The quantitative estimate of drug-likeness (QED) is 0.559. The average Bonchev–Trinajstić information content (AvgIpc) is 2.41. The Morgan fingerprint density at radius 2 is 1.84 bits per heavy atom. The fourth-order valence-electron chi connectivity index (χ4n) is 2.45. The fourth-order valence-corrected chi connectivity index (χ4v) is 2.45. The molecule has 106 valence electrons. The topological polar surface area (TPSA) is 79.1 Å². The number of hydrogen-bond donors (Lipinski definition) is 3. The number of piperidine rings is 1. The smallest absolute Gasteiger partial charge is 0.148 e. The number of rotatable bonds is 4. The van der Waals surface area contributed by atoms with Crippen molar-refractivity contribution < 1.29 is 0 Å². The van der Waals surface area contributed by atoms with E-state index in [1.165, 1.54) is 25.9 Å². The normalized spacial score (nSPS) is 17.5. The summed E-state index contributed by atoms with van der Waals surface area (Å²) < 4.78 is 0. The number of nitrogen functional groups attached to an aromatic ring is 1. The Morgan fingerprint density at radius 3 is 2.47 bits per heavy atom. The average molecular weight is 264 g/mol. The summed E-state index contributed by atoms with van der Waals surface area (Å²) in [7, 11) is 2.18. The van der Waals surface area contributed by atoms with Crippen LogP contribution in [0, 0.1) is 19.8 Å². The lowest BCUT2D eigenvalue weighted by molar-refractivity contribution is 0.226. The molecule has 2 rings (SSSR count). The molecule has 1 aliphatic heterocycles. The van der Waals surface area contributed by atoms with E-state index in [2.05, 4.69) is 32.7 Å². The number of nitrogens with two attached hydrogens (primary N) is 1. The Kier molecular flexibility index (Phi) is 4.55. The van der Waals surface area contributed by atoms with Gasteiger partial charge in [0.15, 0.2) is 0 Å². The second-order valence-corrected chi connectivity index (χ2v) is 5.36. The molecule has 0 aromatic carbocycles. The summed E-state index contributed by atoms with van der Waals surface area (Å²) >= 11 is 0. The number of anilines is 2. The van der Waals surface area contributed by atoms with Crippen LogP contribution in [-0.4, -0.2) is 41.5 Å². The molecule has 6 nitrogen and oxygen atoms in total. The minimum atomic E-state index is 0.693.